The van der Waals surface area contributed by atoms with Gasteiger partial charge in [0.15, 0.2) is 11.4 Å². The summed E-state index contributed by atoms with van der Waals surface area (Å²) in [5.41, 5.74) is -1.06. The number of phenolic OH excluding ortho intramolecular Hbond substituents is 2. The molecule has 6 nitrogen and oxygen atoms in total. The van der Waals surface area contributed by atoms with E-state index >= 15 is 0 Å². The lowest BCUT2D eigenvalue weighted by Crippen LogP contribution is -2.58. The number of alkyl halides is 1. The van der Waals surface area contributed by atoms with Crippen LogP contribution in [0, 0.1) is 0 Å². The highest BCUT2D eigenvalue weighted by Crippen LogP contribution is 2.50. The van der Waals surface area contributed by atoms with Gasteiger partial charge < -0.3 is 20.1 Å². The first-order valence-electron chi connectivity index (χ1n) is 10.2. The minimum Gasteiger partial charge on any atom is -0.507 e. The summed E-state index contributed by atoms with van der Waals surface area (Å²) < 4.78 is 6.28. The molecule has 2 unspecified atom stereocenters. The van der Waals surface area contributed by atoms with Gasteiger partial charge in [-0.15, -0.1) is 11.6 Å². The zero-order valence-electron chi connectivity index (χ0n) is 17.7. The van der Waals surface area contributed by atoms with Crippen LogP contribution in [-0.4, -0.2) is 50.1 Å². The summed E-state index contributed by atoms with van der Waals surface area (Å²) in [5.74, 6) is -1.81. The number of phenols is 2. The molecule has 1 spiro atoms. The normalized spacial score (nSPS) is 27.5. The number of hydrogen-bond donors (Lipinski definition) is 3. The van der Waals surface area contributed by atoms with Crippen LogP contribution < -0.4 is 0 Å². The average Bonchev–Trinajstić information content (AvgIpc) is 2.71. The zero-order chi connectivity index (χ0) is 22.7. The monoisotopic (exact) mass is 444 g/mol. The van der Waals surface area contributed by atoms with E-state index < -0.39 is 33.9 Å². The maximum atomic E-state index is 13.8. The lowest BCUT2D eigenvalue weighted by Gasteiger charge is -2.48. The maximum Gasteiger partial charge on any atom is 0.200 e. The first-order valence-corrected chi connectivity index (χ1v) is 10.6. The Morgan fingerprint density at radius 3 is 2.61 bits per heavy atom. The van der Waals surface area contributed by atoms with Gasteiger partial charge in [0.2, 0.25) is 5.78 Å². The lowest BCUT2D eigenvalue weighted by atomic mass is 9.69. The Balaban J connectivity index is 2.07. The number of ether oxygens (including phenoxy) is 1. The van der Waals surface area contributed by atoms with Gasteiger partial charge in [-0.1, -0.05) is 23.8 Å². The van der Waals surface area contributed by atoms with Gasteiger partial charge in [0.1, 0.15) is 11.5 Å². The third-order valence-electron chi connectivity index (χ3n) is 6.37. The number of aromatic hydroxyl groups is 2. The van der Waals surface area contributed by atoms with Gasteiger partial charge >= 0.3 is 0 Å². The van der Waals surface area contributed by atoms with E-state index in [1.54, 1.807) is 19.9 Å². The second kappa shape index (κ2) is 7.33. The Labute approximate surface area is 185 Å². The van der Waals surface area contributed by atoms with Gasteiger partial charge in [0, 0.05) is 29.5 Å². The SMILES string of the molecule is CC1=CCC23OC(C)(C)C(Cl)C=C2C(=O)c2c(cc(O)c(c2O)CC(CO)=CC1)C3=O. The molecule has 6 rings (SSSR count). The minimum atomic E-state index is -1.60. The number of aliphatic hydroxyl groups is 1. The molecule has 7 heteroatoms. The van der Waals surface area contributed by atoms with E-state index in [0.717, 1.165) is 5.57 Å². The first kappa shape index (κ1) is 21.8. The topological polar surface area (TPSA) is 104 Å². The van der Waals surface area contributed by atoms with Crippen LogP contribution in [-0.2, 0) is 11.2 Å². The molecular weight excluding hydrogens is 420 g/mol. The summed E-state index contributed by atoms with van der Waals surface area (Å²) in [7, 11) is 0. The van der Waals surface area contributed by atoms with Crippen molar-refractivity contribution < 1.29 is 29.6 Å². The summed E-state index contributed by atoms with van der Waals surface area (Å²) in [5, 5.41) is 30.6. The largest absolute Gasteiger partial charge is 0.507 e. The molecule has 5 aliphatic rings. The van der Waals surface area contributed by atoms with E-state index in [1.165, 1.54) is 6.07 Å². The number of Topliss-reactive ketones (excluding diaryl/α,β-unsaturated/α-hetero) is 2. The van der Waals surface area contributed by atoms with Gasteiger partial charge in [0.05, 0.1) is 23.1 Å². The minimum absolute atomic E-state index is 0.0437. The number of aliphatic hydroxyl groups excluding tert-OH is 1. The van der Waals surface area contributed by atoms with Crippen molar-refractivity contribution in [3.8, 4) is 11.5 Å². The van der Waals surface area contributed by atoms with Crippen molar-refractivity contribution in [1.82, 2.24) is 0 Å². The first-order chi connectivity index (χ1) is 14.5. The van der Waals surface area contributed by atoms with Crippen molar-refractivity contribution in [3.05, 3.63) is 57.7 Å². The van der Waals surface area contributed by atoms with Gasteiger partial charge in [-0.3, -0.25) is 9.59 Å². The maximum absolute atomic E-state index is 13.8. The van der Waals surface area contributed by atoms with E-state index in [1.807, 2.05) is 19.1 Å². The number of carbonyl (C=O) groups excluding carboxylic acids is 2. The predicted octanol–water partition coefficient (Wildman–Crippen LogP) is 3.76. The van der Waals surface area contributed by atoms with Crippen LogP contribution in [0.15, 0.2) is 41.0 Å². The molecule has 2 atom stereocenters. The van der Waals surface area contributed by atoms with E-state index in [-0.39, 0.29) is 47.5 Å². The Bertz CT molecular complexity index is 1090. The molecule has 0 radical (unpaired) electrons. The fraction of sp³-hybridized carbons (Fsp3) is 0.417. The number of carbonyl (C=O) groups is 2. The molecule has 4 aliphatic carbocycles. The Kier molecular flexibility index (Phi) is 5.16. The summed E-state index contributed by atoms with van der Waals surface area (Å²) in [4.78, 5) is 27.4. The molecule has 1 aromatic rings. The summed E-state index contributed by atoms with van der Waals surface area (Å²) >= 11 is 6.47. The molecule has 1 heterocycles. The second-order valence-corrected chi connectivity index (χ2v) is 9.44. The molecule has 1 aromatic carbocycles. The summed E-state index contributed by atoms with van der Waals surface area (Å²) in [6, 6.07) is 1.22. The molecule has 0 fully saturated rings. The van der Waals surface area contributed by atoms with Crippen molar-refractivity contribution >= 4 is 23.2 Å². The van der Waals surface area contributed by atoms with E-state index in [2.05, 4.69) is 0 Å². The Hall–Kier alpha value is -2.41. The average molecular weight is 445 g/mol. The molecule has 0 saturated carbocycles. The number of benzene rings is 1. The van der Waals surface area contributed by atoms with Crippen LogP contribution in [0.25, 0.3) is 0 Å². The molecule has 31 heavy (non-hydrogen) atoms. The van der Waals surface area contributed by atoms with Gasteiger partial charge in [-0.05, 0) is 38.8 Å². The Morgan fingerprint density at radius 1 is 1.23 bits per heavy atom. The van der Waals surface area contributed by atoms with Crippen LogP contribution in [0.5, 0.6) is 11.5 Å². The van der Waals surface area contributed by atoms with Crippen LogP contribution >= 0.6 is 11.6 Å². The summed E-state index contributed by atoms with van der Waals surface area (Å²) in [6.45, 7) is 5.14. The highest BCUT2D eigenvalue weighted by Gasteiger charge is 2.57. The van der Waals surface area contributed by atoms with Crippen LogP contribution in [0.4, 0.5) is 0 Å². The standard InChI is InChI=1S/C24H25ClO6/c1-12-4-5-13(11-26)8-14-17(27)9-15-19(20(14)28)21(29)16-10-18(25)23(2,3)31-24(16,7-6-12)22(15)30/h5-6,9-10,18,26-28H,4,7-8,11H2,1-3H3. The molecule has 0 aromatic heterocycles. The van der Waals surface area contributed by atoms with Crippen molar-refractivity contribution in [3.63, 3.8) is 0 Å². The van der Waals surface area contributed by atoms with E-state index in [0.29, 0.717) is 12.0 Å². The number of halogens is 1. The third kappa shape index (κ3) is 3.25. The predicted molar refractivity (Wildman–Crippen MR) is 116 cm³/mol. The number of hydrogen-bond acceptors (Lipinski definition) is 6. The van der Waals surface area contributed by atoms with Crippen molar-refractivity contribution in [2.75, 3.05) is 6.61 Å². The second-order valence-electron chi connectivity index (χ2n) is 8.97. The number of rotatable bonds is 1. The van der Waals surface area contributed by atoms with Gasteiger partial charge in [0.25, 0.3) is 0 Å². The number of fused-ring (bicyclic) bond motifs is 1. The lowest BCUT2D eigenvalue weighted by molar-refractivity contribution is -0.103. The number of allylic oxidation sites excluding steroid dienone is 2. The van der Waals surface area contributed by atoms with Crippen molar-refractivity contribution in [1.29, 1.82) is 0 Å². The van der Waals surface area contributed by atoms with E-state index in [9.17, 15) is 24.9 Å². The molecule has 164 valence electrons. The highest BCUT2D eigenvalue weighted by atomic mass is 35.5. The Morgan fingerprint density at radius 2 is 1.94 bits per heavy atom. The zero-order valence-corrected chi connectivity index (χ0v) is 18.4. The fourth-order valence-electron chi connectivity index (χ4n) is 4.47. The molecule has 1 aliphatic heterocycles. The van der Waals surface area contributed by atoms with Crippen LogP contribution in [0.1, 0.15) is 59.9 Å². The fourth-order valence-corrected chi connectivity index (χ4v) is 4.64. The van der Waals surface area contributed by atoms with Crippen molar-refractivity contribution in [2.45, 2.75) is 56.6 Å². The summed E-state index contributed by atoms with van der Waals surface area (Å²) in [6.07, 6.45) is 5.88. The molecule has 0 saturated heterocycles. The smallest absolute Gasteiger partial charge is 0.200 e. The number of ketones is 2. The van der Waals surface area contributed by atoms with Crippen LogP contribution in [0.2, 0.25) is 0 Å². The van der Waals surface area contributed by atoms with Crippen LogP contribution in [0.3, 0.4) is 0 Å². The quantitative estimate of drug-likeness (QED) is 0.450. The van der Waals surface area contributed by atoms with Gasteiger partial charge in [-0.2, -0.15) is 0 Å². The van der Waals surface area contributed by atoms with Gasteiger partial charge in [-0.25, -0.2) is 0 Å². The van der Waals surface area contributed by atoms with E-state index in [4.69, 9.17) is 16.3 Å². The third-order valence-corrected chi connectivity index (χ3v) is 7.02. The van der Waals surface area contributed by atoms with Crippen molar-refractivity contribution in [2.24, 2.45) is 0 Å². The molecule has 4 bridgehead atoms. The highest BCUT2D eigenvalue weighted by molar-refractivity contribution is 6.30. The molecular formula is C24H25ClO6. The molecule has 3 N–H and O–H groups in total. The molecule has 0 amide bonds.